The highest BCUT2D eigenvalue weighted by molar-refractivity contribution is 9.10. The molecule has 0 unspecified atom stereocenters. The van der Waals surface area contributed by atoms with Crippen molar-refractivity contribution in [3.63, 3.8) is 0 Å². The Morgan fingerprint density at radius 1 is 1.36 bits per heavy atom. The first-order valence-corrected chi connectivity index (χ1v) is 8.76. The third-order valence-corrected chi connectivity index (χ3v) is 4.38. The van der Waals surface area contributed by atoms with Crippen molar-refractivity contribution in [2.45, 2.75) is 37.8 Å². The van der Waals surface area contributed by atoms with Crippen molar-refractivity contribution in [1.29, 1.82) is 0 Å². The van der Waals surface area contributed by atoms with Crippen LogP contribution in [-0.4, -0.2) is 31.9 Å². The van der Waals surface area contributed by atoms with E-state index in [0.29, 0.717) is 5.82 Å². The molecule has 6 nitrogen and oxygen atoms in total. The molecule has 0 fully saturated rings. The standard InChI is InChI=1S/C14H17BrN4O2S/c1-2-3-8-19-13(16-17-18-19)9-21-14(20)10-22-12-6-4-11(15)5-7-12/h4-7H,2-3,8-10H2,1H3. The number of hydrogen-bond acceptors (Lipinski definition) is 6. The number of ether oxygens (including phenoxy) is 1. The van der Waals surface area contributed by atoms with Crippen LogP contribution in [0.25, 0.3) is 0 Å². The van der Waals surface area contributed by atoms with Gasteiger partial charge in [-0.3, -0.25) is 4.79 Å². The summed E-state index contributed by atoms with van der Waals surface area (Å²) in [6.07, 6.45) is 2.05. The van der Waals surface area contributed by atoms with Crippen LogP contribution in [0.3, 0.4) is 0 Å². The highest BCUT2D eigenvalue weighted by Gasteiger charge is 2.10. The SMILES string of the molecule is CCCCn1nnnc1COC(=O)CSc1ccc(Br)cc1. The lowest BCUT2D eigenvalue weighted by molar-refractivity contribution is -0.142. The number of carbonyl (C=O) groups excluding carboxylic acids is 1. The molecule has 0 bridgehead atoms. The minimum Gasteiger partial charge on any atom is -0.457 e. The normalized spacial score (nSPS) is 10.6. The molecule has 0 radical (unpaired) electrons. The first-order chi connectivity index (χ1) is 10.7. The van der Waals surface area contributed by atoms with Crippen molar-refractivity contribution >= 4 is 33.7 Å². The van der Waals surface area contributed by atoms with E-state index in [9.17, 15) is 4.79 Å². The average Bonchev–Trinajstić information content (AvgIpc) is 2.97. The van der Waals surface area contributed by atoms with Crippen LogP contribution in [-0.2, 0) is 22.7 Å². The van der Waals surface area contributed by atoms with E-state index in [4.69, 9.17) is 4.74 Å². The molecule has 1 aromatic heterocycles. The lowest BCUT2D eigenvalue weighted by Gasteiger charge is -2.05. The van der Waals surface area contributed by atoms with Crippen LogP contribution in [0.2, 0.25) is 0 Å². The molecule has 0 aliphatic heterocycles. The smallest absolute Gasteiger partial charge is 0.316 e. The van der Waals surface area contributed by atoms with E-state index in [-0.39, 0.29) is 18.3 Å². The van der Waals surface area contributed by atoms with E-state index in [1.54, 1.807) is 4.68 Å². The maximum absolute atomic E-state index is 11.8. The number of carbonyl (C=O) groups is 1. The number of halogens is 1. The van der Waals surface area contributed by atoms with Gasteiger partial charge in [0.15, 0.2) is 12.4 Å². The van der Waals surface area contributed by atoms with Gasteiger partial charge >= 0.3 is 5.97 Å². The van der Waals surface area contributed by atoms with Crippen molar-refractivity contribution in [1.82, 2.24) is 20.2 Å². The molecule has 2 aromatic rings. The van der Waals surface area contributed by atoms with E-state index < -0.39 is 0 Å². The van der Waals surface area contributed by atoms with Crippen LogP contribution < -0.4 is 0 Å². The molecule has 0 saturated carbocycles. The molecule has 0 N–H and O–H groups in total. The van der Waals surface area contributed by atoms with E-state index in [2.05, 4.69) is 38.4 Å². The van der Waals surface area contributed by atoms with Crippen molar-refractivity contribution in [2.24, 2.45) is 0 Å². The summed E-state index contributed by atoms with van der Waals surface area (Å²) in [5.74, 6) is 0.562. The number of nitrogens with zero attached hydrogens (tertiary/aromatic N) is 4. The Hall–Kier alpha value is -1.41. The molecule has 0 spiro atoms. The molecule has 8 heteroatoms. The number of tetrazole rings is 1. The van der Waals surface area contributed by atoms with Gasteiger partial charge in [0.1, 0.15) is 0 Å². The maximum Gasteiger partial charge on any atom is 0.316 e. The Morgan fingerprint density at radius 2 is 2.14 bits per heavy atom. The van der Waals surface area contributed by atoms with Gasteiger partial charge in [0, 0.05) is 15.9 Å². The molecule has 1 aromatic carbocycles. The fourth-order valence-electron chi connectivity index (χ4n) is 1.67. The first kappa shape index (κ1) is 17.0. The van der Waals surface area contributed by atoms with Gasteiger partial charge in [-0.2, -0.15) is 0 Å². The van der Waals surface area contributed by atoms with Crippen molar-refractivity contribution in [3.05, 3.63) is 34.6 Å². The predicted molar refractivity (Wildman–Crippen MR) is 87.4 cm³/mol. The maximum atomic E-state index is 11.8. The van der Waals surface area contributed by atoms with Crippen LogP contribution in [0.4, 0.5) is 0 Å². The number of aryl methyl sites for hydroxylation is 1. The number of esters is 1. The quantitative estimate of drug-likeness (QED) is 0.514. The second-order valence-corrected chi connectivity index (χ2v) is 6.54. The molecule has 0 amide bonds. The topological polar surface area (TPSA) is 69.9 Å². The molecule has 2 rings (SSSR count). The molecule has 0 saturated heterocycles. The summed E-state index contributed by atoms with van der Waals surface area (Å²) < 4.78 is 7.91. The van der Waals surface area contributed by atoms with E-state index >= 15 is 0 Å². The summed E-state index contributed by atoms with van der Waals surface area (Å²) in [7, 11) is 0. The Kier molecular flexibility index (Phi) is 6.85. The lowest BCUT2D eigenvalue weighted by Crippen LogP contribution is -2.12. The summed E-state index contributed by atoms with van der Waals surface area (Å²) >= 11 is 4.81. The number of benzene rings is 1. The van der Waals surface area contributed by atoms with E-state index in [1.807, 2.05) is 24.3 Å². The summed E-state index contributed by atoms with van der Waals surface area (Å²) in [6.45, 7) is 2.95. The Morgan fingerprint density at radius 3 is 2.86 bits per heavy atom. The monoisotopic (exact) mass is 384 g/mol. The fourth-order valence-corrected chi connectivity index (χ4v) is 2.63. The first-order valence-electron chi connectivity index (χ1n) is 6.98. The number of rotatable bonds is 8. The number of hydrogen-bond donors (Lipinski definition) is 0. The summed E-state index contributed by atoms with van der Waals surface area (Å²) in [4.78, 5) is 12.8. The lowest BCUT2D eigenvalue weighted by atomic mass is 10.3. The predicted octanol–water partition coefficient (Wildman–Crippen LogP) is 3.07. The van der Waals surface area contributed by atoms with Gasteiger partial charge in [-0.15, -0.1) is 16.9 Å². The largest absolute Gasteiger partial charge is 0.457 e. The Labute approximate surface area is 141 Å². The molecule has 1 heterocycles. The molecular weight excluding hydrogens is 368 g/mol. The van der Waals surface area contributed by atoms with Gasteiger partial charge in [-0.05, 0) is 41.1 Å². The fraction of sp³-hybridized carbons (Fsp3) is 0.429. The minimum atomic E-state index is -0.280. The van der Waals surface area contributed by atoms with Crippen LogP contribution in [0.1, 0.15) is 25.6 Å². The van der Waals surface area contributed by atoms with Crippen LogP contribution in [0.15, 0.2) is 33.6 Å². The van der Waals surface area contributed by atoms with Gasteiger partial charge in [0.05, 0.1) is 5.75 Å². The Bertz CT molecular complexity index is 603. The molecule has 0 atom stereocenters. The van der Waals surface area contributed by atoms with Gasteiger partial charge in [-0.1, -0.05) is 29.3 Å². The van der Waals surface area contributed by atoms with E-state index in [1.165, 1.54) is 11.8 Å². The molecule has 22 heavy (non-hydrogen) atoms. The highest BCUT2D eigenvalue weighted by Crippen LogP contribution is 2.20. The van der Waals surface area contributed by atoms with Crippen LogP contribution >= 0.6 is 27.7 Å². The second-order valence-electron chi connectivity index (χ2n) is 4.58. The summed E-state index contributed by atoms with van der Waals surface area (Å²) in [5.41, 5.74) is 0. The molecule has 118 valence electrons. The van der Waals surface area contributed by atoms with Crippen LogP contribution in [0, 0.1) is 0 Å². The minimum absolute atomic E-state index is 0.108. The molecule has 0 aliphatic carbocycles. The van der Waals surface area contributed by atoms with Crippen molar-refractivity contribution in [3.8, 4) is 0 Å². The molecule has 0 aliphatic rings. The number of aromatic nitrogens is 4. The highest BCUT2D eigenvalue weighted by atomic mass is 79.9. The van der Waals surface area contributed by atoms with Crippen molar-refractivity contribution < 1.29 is 9.53 Å². The van der Waals surface area contributed by atoms with Gasteiger partial charge < -0.3 is 4.74 Å². The zero-order chi connectivity index (χ0) is 15.8. The zero-order valence-corrected chi connectivity index (χ0v) is 14.6. The van der Waals surface area contributed by atoms with Crippen molar-refractivity contribution in [2.75, 3.05) is 5.75 Å². The van der Waals surface area contributed by atoms with E-state index in [0.717, 1.165) is 28.8 Å². The zero-order valence-electron chi connectivity index (χ0n) is 12.2. The third-order valence-electron chi connectivity index (χ3n) is 2.86. The van der Waals surface area contributed by atoms with Crippen LogP contribution in [0.5, 0.6) is 0 Å². The van der Waals surface area contributed by atoms with Gasteiger partial charge in [0.2, 0.25) is 0 Å². The summed E-state index contributed by atoms with van der Waals surface area (Å²) in [5, 5.41) is 11.4. The molecular formula is C14H17BrN4O2S. The average molecular weight is 385 g/mol. The third kappa shape index (κ3) is 5.42. The van der Waals surface area contributed by atoms with Gasteiger partial charge in [-0.25, -0.2) is 4.68 Å². The second kappa shape index (κ2) is 8.89. The number of unbranched alkanes of at least 4 members (excludes halogenated alkanes) is 1. The summed E-state index contributed by atoms with van der Waals surface area (Å²) in [6, 6.07) is 7.78. The number of thioether (sulfide) groups is 1. The van der Waals surface area contributed by atoms with Gasteiger partial charge in [0.25, 0.3) is 0 Å². The Balaban J connectivity index is 1.75.